The number of rotatable bonds is 2. The Kier molecular flexibility index (Phi) is 1.30. The molecule has 0 amide bonds. The zero-order valence-corrected chi connectivity index (χ0v) is 5.58. The highest BCUT2D eigenvalue weighted by Crippen LogP contribution is 2.53. The summed E-state index contributed by atoms with van der Waals surface area (Å²) in [7, 11) is 0. The first-order valence-corrected chi connectivity index (χ1v) is 3.39. The molecule has 0 nitrogen and oxygen atoms in total. The van der Waals surface area contributed by atoms with Crippen molar-refractivity contribution in [3.63, 3.8) is 0 Å². The van der Waals surface area contributed by atoms with Crippen molar-refractivity contribution in [2.24, 2.45) is 5.41 Å². The molecule has 0 spiro atoms. The van der Waals surface area contributed by atoms with Crippen molar-refractivity contribution in [1.29, 1.82) is 0 Å². The van der Waals surface area contributed by atoms with Gasteiger partial charge >= 0.3 is 0 Å². The lowest BCUT2D eigenvalue weighted by Gasteiger charge is -2.05. The fourth-order valence-electron chi connectivity index (χ4n) is 1.28. The second-order valence-corrected chi connectivity index (χ2v) is 2.74. The first-order chi connectivity index (χ1) is 3.75. The topological polar surface area (TPSA) is 0 Å². The van der Waals surface area contributed by atoms with Gasteiger partial charge in [0.2, 0.25) is 0 Å². The highest BCUT2D eigenvalue weighted by Gasteiger charge is 2.51. The largest absolute Gasteiger partial charge is 0.247 e. The van der Waals surface area contributed by atoms with Crippen molar-refractivity contribution in [3.8, 4) is 0 Å². The summed E-state index contributed by atoms with van der Waals surface area (Å²) in [5.74, 6) is 0. The minimum atomic E-state index is -0.475. The van der Waals surface area contributed by atoms with Crippen LogP contribution in [0.5, 0.6) is 0 Å². The zero-order valence-electron chi connectivity index (χ0n) is 5.58. The van der Waals surface area contributed by atoms with E-state index >= 15 is 0 Å². The molecule has 0 saturated heterocycles. The molecule has 1 rings (SSSR count). The monoisotopic (exact) mass is 116 g/mol. The molecular formula is C7H13F. The van der Waals surface area contributed by atoms with Crippen LogP contribution >= 0.6 is 0 Å². The van der Waals surface area contributed by atoms with Gasteiger partial charge in [0.15, 0.2) is 0 Å². The maximum Gasteiger partial charge on any atom is 0.106 e. The van der Waals surface area contributed by atoms with Gasteiger partial charge in [-0.3, -0.25) is 0 Å². The highest BCUT2D eigenvalue weighted by atomic mass is 19.1. The SMILES string of the molecule is CCC1(CC)CC1F. The van der Waals surface area contributed by atoms with Crippen LogP contribution < -0.4 is 0 Å². The lowest BCUT2D eigenvalue weighted by Crippen LogP contribution is -1.99. The molecule has 8 heavy (non-hydrogen) atoms. The van der Waals surface area contributed by atoms with Crippen LogP contribution in [0.25, 0.3) is 0 Å². The third-order valence-corrected chi connectivity index (χ3v) is 2.50. The fourth-order valence-corrected chi connectivity index (χ4v) is 1.28. The van der Waals surface area contributed by atoms with Crippen LogP contribution in [0, 0.1) is 5.41 Å². The molecule has 0 aromatic rings. The Morgan fingerprint density at radius 2 is 1.88 bits per heavy atom. The maximum absolute atomic E-state index is 12.4. The van der Waals surface area contributed by atoms with Crippen LogP contribution in [0.3, 0.4) is 0 Å². The van der Waals surface area contributed by atoms with Crippen molar-refractivity contribution in [2.45, 2.75) is 39.3 Å². The molecule has 0 aromatic carbocycles. The van der Waals surface area contributed by atoms with Crippen LogP contribution in [-0.4, -0.2) is 6.17 Å². The number of halogens is 1. The Balaban J connectivity index is 2.39. The zero-order chi connectivity index (χ0) is 6.20. The minimum absolute atomic E-state index is 0.125. The smallest absolute Gasteiger partial charge is 0.106 e. The van der Waals surface area contributed by atoms with Crippen LogP contribution in [0.4, 0.5) is 4.39 Å². The maximum atomic E-state index is 12.4. The predicted octanol–water partition coefficient (Wildman–Crippen LogP) is 2.53. The van der Waals surface area contributed by atoms with Gasteiger partial charge in [-0.2, -0.15) is 0 Å². The van der Waals surface area contributed by atoms with E-state index in [2.05, 4.69) is 13.8 Å². The highest BCUT2D eigenvalue weighted by molar-refractivity contribution is 5.00. The van der Waals surface area contributed by atoms with E-state index < -0.39 is 6.17 Å². The Bertz CT molecular complexity index is 78.9. The van der Waals surface area contributed by atoms with Gasteiger partial charge in [0.05, 0.1) is 0 Å². The van der Waals surface area contributed by atoms with Gasteiger partial charge in [0.1, 0.15) is 6.17 Å². The summed E-state index contributed by atoms with van der Waals surface area (Å²) in [5.41, 5.74) is 0.125. The average molecular weight is 116 g/mol. The molecule has 1 aliphatic rings. The quantitative estimate of drug-likeness (QED) is 0.520. The van der Waals surface area contributed by atoms with Crippen LogP contribution in [0.2, 0.25) is 0 Å². The Labute approximate surface area is 50.1 Å². The van der Waals surface area contributed by atoms with Crippen molar-refractivity contribution in [1.82, 2.24) is 0 Å². The Morgan fingerprint density at radius 3 is 1.88 bits per heavy atom. The molecule has 1 fully saturated rings. The van der Waals surface area contributed by atoms with Crippen molar-refractivity contribution in [2.75, 3.05) is 0 Å². The first-order valence-electron chi connectivity index (χ1n) is 3.39. The van der Waals surface area contributed by atoms with Crippen molar-refractivity contribution in [3.05, 3.63) is 0 Å². The molecule has 0 radical (unpaired) electrons. The van der Waals surface area contributed by atoms with Gasteiger partial charge in [0, 0.05) is 5.41 Å². The Morgan fingerprint density at radius 1 is 1.50 bits per heavy atom. The molecule has 1 unspecified atom stereocenters. The van der Waals surface area contributed by atoms with Gasteiger partial charge < -0.3 is 0 Å². The predicted molar refractivity (Wildman–Crippen MR) is 32.5 cm³/mol. The summed E-state index contributed by atoms with van der Waals surface area (Å²) < 4.78 is 12.4. The second kappa shape index (κ2) is 1.71. The van der Waals surface area contributed by atoms with E-state index in [-0.39, 0.29) is 5.41 Å². The van der Waals surface area contributed by atoms with Gasteiger partial charge in [-0.25, -0.2) is 4.39 Å². The molecule has 48 valence electrons. The lowest BCUT2D eigenvalue weighted by atomic mass is 10.0. The van der Waals surface area contributed by atoms with E-state index in [0.717, 1.165) is 19.3 Å². The van der Waals surface area contributed by atoms with E-state index in [1.165, 1.54) is 0 Å². The molecule has 1 atom stereocenters. The summed E-state index contributed by atoms with van der Waals surface area (Å²) in [4.78, 5) is 0. The molecule has 0 N–H and O–H groups in total. The molecule has 0 bridgehead atoms. The van der Waals surface area contributed by atoms with E-state index in [1.807, 2.05) is 0 Å². The number of alkyl halides is 1. The first kappa shape index (κ1) is 6.06. The Hall–Kier alpha value is -0.0700. The summed E-state index contributed by atoms with van der Waals surface area (Å²) in [5, 5.41) is 0. The van der Waals surface area contributed by atoms with Crippen molar-refractivity contribution < 1.29 is 4.39 Å². The van der Waals surface area contributed by atoms with Crippen LogP contribution in [0.1, 0.15) is 33.1 Å². The van der Waals surface area contributed by atoms with E-state index in [4.69, 9.17) is 0 Å². The summed E-state index contributed by atoms with van der Waals surface area (Å²) >= 11 is 0. The second-order valence-electron chi connectivity index (χ2n) is 2.74. The number of hydrogen-bond donors (Lipinski definition) is 0. The number of hydrogen-bond acceptors (Lipinski definition) is 0. The van der Waals surface area contributed by atoms with E-state index in [9.17, 15) is 4.39 Å². The van der Waals surface area contributed by atoms with Crippen LogP contribution in [-0.2, 0) is 0 Å². The van der Waals surface area contributed by atoms with Gasteiger partial charge in [-0.15, -0.1) is 0 Å². The van der Waals surface area contributed by atoms with Crippen molar-refractivity contribution >= 4 is 0 Å². The molecule has 0 aliphatic heterocycles. The third kappa shape index (κ3) is 0.647. The van der Waals surface area contributed by atoms with Gasteiger partial charge in [0.25, 0.3) is 0 Å². The summed E-state index contributed by atoms with van der Waals surface area (Å²) in [6, 6.07) is 0. The molecule has 0 heterocycles. The fraction of sp³-hybridized carbons (Fsp3) is 1.00. The third-order valence-electron chi connectivity index (χ3n) is 2.50. The standard InChI is InChI=1S/C7H13F/c1-3-7(4-2)5-6(7)8/h6H,3-5H2,1-2H3. The van der Waals surface area contributed by atoms with E-state index in [0.29, 0.717) is 0 Å². The minimum Gasteiger partial charge on any atom is -0.247 e. The molecule has 1 saturated carbocycles. The van der Waals surface area contributed by atoms with Crippen LogP contribution in [0.15, 0.2) is 0 Å². The van der Waals surface area contributed by atoms with E-state index in [1.54, 1.807) is 0 Å². The summed E-state index contributed by atoms with van der Waals surface area (Å²) in [6.07, 6.45) is 2.38. The normalized spacial score (nSPS) is 32.6. The molecule has 1 aliphatic carbocycles. The molecular weight excluding hydrogens is 103 g/mol. The summed E-state index contributed by atoms with van der Waals surface area (Å²) in [6.45, 7) is 4.14. The molecule has 1 heteroatoms. The van der Waals surface area contributed by atoms with Gasteiger partial charge in [-0.05, 0) is 19.3 Å². The average Bonchev–Trinajstić information content (AvgIpc) is 2.43. The molecule has 0 aromatic heterocycles. The van der Waals surface area contributed by atoms with Gasteiger partial charge in [-0.1, -0.05) is 13.8 Å². The lowest BCUT2D eigenvalue weighted by molar-refractivity contribution is 0.339.